The number of benzene rings is 2. The SMILES string of the molecule is COc1ccc(/C=C/c2ccc(NCc3ccccn3)cc2)cc1. The Morgan fingerprint density at radius 3 is 2.12 bits per heavy atom. The molecular formula is C21H20N2O. The summed E-state index contributed by atoms with van der Waals surface area (Å²) in [7, 11) is 1.67. The highest BCUT2D eigenvalue weighted by atomic mass is 16.5. The topological polar surface area (TPSA) is 34.1 Å². The van der Waals surface area contributed by atoms with Crippen molar-refractivity contribution in [3.8, 4) is 5.75 Å². The van der Waals surface area contributed by atoms with Gasteiger partial charge in [0.25, 0.3) is 0 Å². The Bertz CT molecular complexity index is 778. The third-order valence-corrected chi connectivity index (χ3v) is 3.69. The maximum atomic E-state index is 5.16. The minimum atomic E-state index is 0.724. The fourth-order valence-corrected chi connectivity index (χ4v) is 2.31. The van der Waals surface area contributed by atoms with Crippen LogP contribution in [0.5, 0.6) is 5.75 Å². The first-order valence-electron chi connectivity index (χ1n) is 7.89. The van der Waals surface area contributed by atoms with Crippen molar-refractivity contribution in [2.75, 3.05) is 12.4 Å². The van der Waals surface area contributed by atoms with E-state index in [4.69, 9.17) is 4.74 Å². The maximum absolute atomic E-state index is 5.16. The first kappa shape index (κ1) is 15.8. The molecule has 0 aliphatic carbocycles. The van der Waals surface area contributed by atoms with Crippen LogP contribution in [0.1, 0.15) is 16.8 Å². The largest absolute Gasteiger partial charge is 0.497 e. The molecule has 0 aliphatic rings. The number of rotatable bonds is 6. The highest BCUT2D eigenvalue weighted by molar-refractivity contribution is 5.70. The molecule has 1 N–H and O–H groups in total. The van der Waals surface area contributed by atoms with Crippen molar-refractivity contribution in [3.05, 3.63) is 89.7 Å². The van der Waals surface area contributed by atoms with E-state index in [1.807, 2.05) is 48.7 Å². The van der Waals surface area contributed by atoms with Crippen molar-refractivity contribution >= 4 is 17.8 Å². The molecule has 0 saturated heterocycles. The molecule has 0 radical (unpaired) electrons. The van der Waals surface area contributed by atoms with E-state index in [2.05, 4.69) is 46.7 Å². The molecular weight excluding hydrogens is 296 g/mol. The molecule has 0 aliphatic heterocycles. The minimum Gasteiger partial charge on any atom is -0.497 e. The molecule has 2 aromatic carbocycles. The molecule has 0 amide bonds. The first-order valence-corrected chi connectivity index (χ1v) is 7.89. The van der Waals surface area contributed by atoms with E-state index in [-0.39, 0.29) is 0 Å². The van der Waals surface area contributed by atoms with Crippen LogP contribution >= 0.6 is 0 Å². The van der Waals surface area contributed by atoms with Crippen molar-refractivity contribution in [1.82, 2.24) is 4.98 Å². The number of hydrogen-bond donors (Lipinski definition) is 1. The van der Waals surface area contributed by atoms with E-state index in [0.29, 0.717) is 0 Å². The number of hydrogen-bond acceptors (Lipinski definition) is 3. The zero-order chi connectivity index (χ0) is 16.6. The summed E-state index contributed by atoms with van der Waals surface area (Å²) in [6.45, 7) is 0.724. The normalized spacial score (nSPS) is 10.7. The lowest BCUT2D eigenvalue weighted by Crippen LogP contribution is -2.00. The lowest BCUT2D eigenvalue weighted by Gasteiger charge is -2.06. The number of anilines is 1. The van der Waals surface area contributed by atoms with Gasteiger partial charge >= 0.3 is 0 Å². The van der Waals surface area contributed by atoms with Crippen LogP contribution in [0.4, 0.5) is 5.69 Å². The molecule has 24 heavy (non-hydrogen) atoms. The van der Waals surface area contributed by atoms with Crippen molar-refractivity contribution in [2.45, 2.75) is 6.54 Å². The quantitative estimate of drug-likeness (QED) is 0.659. The second-order valence-corrected chi connectivity index (χ2v) is 5.40. The first-order chi connectivity index (χ1) is 11.8. The molecule has 120 valence electrons. The Morgan fingerprint density at radius 2 is 1.54 bits per heavy atom. The summed E-state index contributed by atoms with van der Waals surface area (Å²) >= 11 is 0. The highest BCUT2D eigenvalue weighted by Gasteiger charge is 1.95. The van der Waals surface area contributed by atoms with Gasteiger partial charge in [-0.3, -0.25) is 4.98 Å². The van der Waals surface area contributed by atoms with E-state index in [0.717, 1.165) is 34.8 Å². The van der Waals surface area contributed by atoms with Crippen molar-refractivity contribution in [2.24, 2.45) is 0 Å². The van der Waals surface area contributed by atoms with Gasteiger partial charge in [0, 0.05) is 11.9 Å². The highest BCUT2D eigenvalue weighted by Crippen LogP contribution is 2.15. The fourth-order valence-electron chi connectivity index (χ4n) is 2.31. The molecule has 3 nitrogen and oxygen atoms in total. The van der Waals surface area contributed by atoms with Crippen LogP contribution in [0.25, 0.3) is 12.2 Å². The molecule has 0 spiro atoms. The van der Waals surface area contributed by atoms with Gasteiger partial charge in [-0.25, -0.2) is 0 Å². The third kappa shape index (κ3) is 4.46. The maximum Gasteiger partial charge on any atom is 0.118 e. The fraction of sp³-hybridized carbons (Fsp3) is 0.0952. The summed E-state index contributed by atoms with van der Waals surface area (Å²) in [5, 5.41) is 3.37. The number of aromatic nitrogens is 1. The van der Waals surface area contributed by atoms with Crippen LogP contribution in [0.2, 0.25) is 0 Å². The van der Waals surface area contributed by atoms with Gasteiger partial charge in [0.1, 0.15) is 5.75 Å². The van der Waals surface area contributed by atoms with Crippen LogP contribution in [-0.4, -0.2) is 12.1 Å². The average Bonchev–Trinajstić information content (AvgIpc) is 2.67. The summed E-state index contributed by atoms with van der Waals surface area (Å²) in [6, 6.07) is 22.3. The van der Waals surface area contributed by atoms with Crippen LogP contribution in [0, 0.1) is 0 Å². The number of nitrogens with zero attached hydrogens (tertiary/aromatic N) is 1. The third-order valence-electron chi connectivity index (χ3n) is 3.69. The molecule has 0 atom stereocenters. The van der Waals surface area contributed by atoms with Crippen molar-refractivity contribution in [1.29, 1.82) is 0 Å². The van der Waals surface area contributed by atoms with Gasteiger partial charge in [0.05, 0.1) is 19.3 Å². The predicted octanol–water partition coefficient (Wildman–Crippen LogP) is 4.87. The molecule has 0 bridgehead atoms. The summed E-state index contributed by atoms with van der Waals surface area (Å²) in [4.78, 5) is 4.30. The molecule has 1 aromatic heterocycles. The zero-order valence-corrected chi connectivity index (χ0v) is 13.6. The molecule has 0 unspecified atom stereocenters. The Morgan fingerprint density at radius 1 is 0.875 bits per heavy atom. The van der Waals surface area contributed by atoms with Crippen LogP contribution < -0.4 is 10.1 Å². The lowest BCUT2D eigenvalue weighted by molar-refractivity contribution is 0.415. The Balaban J connectivity index is 1.58. The van der Waals surface area contributed by atoms with Gasteiger partial charge in [-0.15, -0.1) is 0 Å². The summed E-state index contributed by atoms with van der Waals surface area (Å²) < 4.78 is 5.16. The molecule has 0 saturated carbocycles. The summed E-state index contributed by atoms with van der Waals surface area (Å²) in [5.74, 6) is 0.871. The standard InChI is InChI=1S/C21H20N2O/c1-24-21-13-9-18(10-14-21)6-5-17-7-11-19(12-8-17)23-16-20-4-2-3-15-22-20/h2-15,23H,16H2,1H3/b6-5+. The van der Waals surface area contributed by atoms with Crippen molar-refractivity contribution < 1.29 is 4.74 Å². The van der Waals surface area contributed by atoms with E-state index in [9.17, 15) is 0 Å². The van der Waals surface area contributed by atoms with Gasteiger partial charge in [-0.1, -0.05) is 42.5 Å². The van der Waals surface area contributed by atoms with Gasteiger partial charge in [-0.2, -0.15) is 0 Å². The van der Waals surface area contributed by atoms with E-state index in [1.54, 1.807) is 7.11 Å². The summed E-state index contributed by atoms with van der Waals surface area (Å²) in [6.07, 6.45) is 6.00. The predicted molar refractivity (Wildman–Crippen MR) is 99.9 cm³/mol. The Hall–Kier alpha value is -3.07. The number of pyridine rings is 1. The summed E-state index contributed by atoms with van der Waals surface area (Å²) in [5.41, 5.74) is 4.42. The smallest absolute Gasteiger partial charge is 0.118 e. The monoisotopic (exact) mass is 316 g/mol. The Kier molecular flexibility index (Phi) is 5.25. The second kappa shape index (κ2) is 7.97. The second-order valence-electron chi connectivity index (χ2n) is 5.40. The van der Waals surface area contributed by atoms with E-state index >= 15 is 0 Å². The van der Waals surface area contributed by atoms with Crippen LogP contribution in [-0.2, 0) is 6.54 Å². The van der Waals surface area contributed by atoms with E-state index < -0.39 is 0 Å². The van der Waals surface area contributed by atoms with Gasteiger partial charge < -0.3 is 10.1 Å². The van der Waals surface area contributed by atoms with E-state index in [1.165, 1.54) is 0 Å². The molecule has 3 heteroatoms. The van der Waals surface area contributed by atoms with Gasteiger partial charge in [0.2, 0.25) is 0 Å². The van der Waals surface area contributed by atoms with Crippen molar-refractivity contribution in [3.63, 3.8) is 0 Å². The lowest BCUT2D eigenvalue weighted by atomic mass is 10.1. The van der Waals surface area contributed by atoms with Crippen LogP contribution in [0.15, 0.2) is 72.9 Å². The Labute approximate surface area is 142 Å². The molecule has 3 aromatic rings. The van der Waals surface area contributed by atoms with Gasteiger partial charge in [-0.05, 0) is 47.5 Å². The number of nitrogens with one attached hydrogen (secondary N) is 1. The van der Waals surface area contributed by atoms with Gasteiger partial charge in [0.15, 0.2) is 0 Å². The average molecular weight is 316 g/mol. The zero-order valence-electron chi connectivity index (χ0n) is 13.6. The minimum absolute atomic E-state index is 0.724. The molecule has 0 fully saturated rings. The number of ether oxygens (including phenoxy) is 1. The molecule has 1 heterocycles. The number of methoxy groups -OCH3 is 1. The molecule has 3 rings (SSSR count). The van der Waals surface area contributed by atoms with Crippen LogP contribution in [0.3, 0.4) is 0 Å².